The Morgan fingerprint density at radius 1 is 1.37 bits per heavy atom. The number of halogens is 1. The zero-order valence-corrected chi connectivity index (χ0v) is 11.3. The van der Waals surface area contributed by atoms with E-state index in [1.54, 1.807) is 0 Å². The van der Waals surface area contributed by atoms with Gasteiger partial charge in [0.2, 0.25) is 10.0 Å². The summed E-state index contributed by atoms with van der Waals surface area (Å²) in [6.07, 6.45) is 6.13. The number of nitrogens with two attached hydrogens (primary N) is 1. The van der Waals surface area contributed by atoms with Crippen LogP contribution in [0.3, 0.4) is 0 Å². The predicted molar refractivity (Wildman–Crippen MR) is 72.6 cm³/mol. The van der Waals surface area contributed by atoms with Crippen molar-refractivity contribution in [3.63, 3.8) is 0 Å². The monoisotopic (exact) mass is 284 g/mol. The van der Waals surface area contributed by atoms with Gasteiger partial charge in [-0.15, -0.1) is 0 Å². The molecule has 4 nitrogen and oxygen atoms in total. The van der Waals surface area contributed by atoms with Gasteiger partial charge < -0.3 is 5.73 Å². The number of rotatable bonds is 5. The average Bonchev–Trinajstić information content (AvgIpc) is 2.81. The molecule has 0 aliphatic heterocycles. The molecule has 19 heavy (non-hydrogen) atoms. The predicted octanol–water partition coefficient (Wildman–Crippen LogP) is 2.19. The van der Waals surface area contributed by atoms with Gasteiger partial charge in [-0.05, 0) is 43.9 Å². The van der Waals surface area contributed by atoms with E-state index in [2.05, 4.69) is 10.8 Å². The Labute approximate surface area is 112 Å². The van der Waals surface area contributed by atoms with E-state index in [1.807, 2.05) is 0 Å². The van der Waals surface area contributed by atoms with Crippen molar-refractivity contribution in [2.24, 2.45) is 0 Å². The third-order valence-corrected chi connectivity index (χ3v) is 4.67. The largest absolute Gasteiger partial charge is 0.398 e. The van der Waals surface area contributed by atoms with E-state index in [-0.39, 0.29) is 10.6 Å². The molecule has 1 aromatic carbocycles. The molecule has 0 spiro atoms. The highest BCUT2D eigenvalue weighted by atomic mass is 32.2. The maximum Gasteiger partial charge on any atom is 0.242 e. The van der Waals surface area contributed by atoms with Gasteiger partial charge in [0, 0.05) is 6.54 Å². The van der Waals surface area contributed by atoms with Crippen molar-refractivity contribution in [2.45, 2.75) is 30.6 Å². The molecule has 3 N–H and O–H groups in total. The fourth-order valence-electron chi connectivity index (χ4n) is 2.15. The van der Waals surface area contributed by atoms with Crippen molar-refractivity contribution >= 4 is 15.7 Å². The number of hydrogen-bond acceptors (Lipinski definition) is 3. The second kappa shape index (κ2) is 5.71. The van der Waals surface area contributed by atoms with Crippen LogP contribution in [0.25, 0.3) is 0 Å². The molecule has 6 heteroatoms. The Morgan fingerprint density at radius 3 is 2.79 bits per heavy atom. The summed E-state index contributed by atoms with van der Waals surface area (Å²) >= 11 is 0. The number of hydrogen-bond donors (Lipinski definition) is 2. The molecule has 0 radical (unpaired) electrons. The Hall–Kier alpha value is -1.40. The number of sulfonamides is 1. The van der Waals surface area contributed by atoms with Crippen molar-refractivity contribution < 1.29 is 12.8 Å². The third-order valence-electron chi connectivity index (χ3n) is 3.13. The molecule has 0 atom stereocenters. The quantitative estimate of drug-likeness (QED) is 0.643. The van der Waals surface area contributed by atoms with Crippen molar-refractivity contribution in [3.05, 3.63) is 35.7 Å². The third kappa shape index (κ3) is 3.54. The lowest BCUT2D eigenvalue weighted by molar-refractivity contribution is 0.581. The van der Waals surface area contributed by atoms with Gasteiger partial charge in [-0.25, -0.2) is 17.5 Å². The van der Waals surface area contributed by atoms with Crippen LogP contribution in [-0.4, -0.2) is 15.0 Å². The lowest BCUT2D eigenvalue weighted by Gasteiger charge is -2.09. The summed E-state index contributed by atoms with van der Waals surface area (Å²) in [6.45, 7) is 0.338. The van der Waals surface area contributed by atoms with Crippen molar-refractivity contribution in [3.8, 4) is 0 Å². The normalized spacial score (nSPS) is 15.5. The summed E-state index contributed by atoms with van der Waals surface area (Å²) < 4.78 is 39.4. The Kier molecular flexibility index (Phi) is 4.21. The van der Waals surface area contributed by atoms with Gasteiger partial charge in [-0.1, -0.05) is 11.6 Å². The van der Waals surface area contributed by atoms with Crippen molar-refractivity contribution in [1.82, 2.24) is 4.72 Å². The summed E-state index contributed by atoms with van der Waals surface area (Å²) in [5.74, 6) is -0.549. The highest BCUT2D eigenvalue weighted by Crippen LogP contribution is 2.21. The highest BCUT2D eigenvalue weighted by Gasteiger charge is 2.17. The second-order valence-electron chi connectivity index (χ2n) is 4.58. The molecule has 0 amide bonds. The smallest absolute Gasteiger partial charge is 0.242 e. The maximum atomic E-state index is 12.9. The van der Waals surface area contributed by atoms with E-state index < -0.39 is 15.8 Å². The number of allylic oxidation sites excluding steroid dienone is 1. The molecule has 0 aromatic heterocycles. The molecule has 0 fully saturated rings. The first-order chi connectivity index (χ1) is 8.99. The number of nitrogen functional groups attached to an aromatic ring is 1. The summed E-state index contributed by atoms with van der Waals surface area (Å²) in [5, 5.41) is 0. The van der Waals surface area contributed by atoms with Crippen LogP contribution in [0.5, 0.6) is 0 Å². The van der Waals surface area contributed by atoms with E-state index in [4.69, 9.17) is 5.73 Å². The zero-order chi connectivity index (χ0) is 13.9. The van der Waals surface area contributed by atoms with Gasteiger partial charge in [0.1, 0.15) is 10.7 Å². The molecular formula is C13H17FN2O2S. The van der Waals surface area contributed by atoms with Crippen LogP contribution in [-0.2, 0) is 10.0 Å². The van der Waals surface area contributed by atoms with Crippen LogP contribution in [0.1, 0.15) is 25.7 Å². The van der Waals surface area contributed by atoms with E-state index in [9.17, 15) is 12.8 Å². The molecule has 0 saturated carbocycles. The van der Waals surface area contributed by atoms with Crippen LogP contribution >= 0.6 is 0 Å². The Balaban J connectivity index is 2.01. The van der Waals surface area contributed by atoms with Crippen LogP contribution < -0.4 is 10.5 Å². The lowest BCUT2D eigenvalue weighted by Crippen LogP contribution is -2.25. The topological polar surface area (TPSA) is 72.2 Å². The summed E-state index contributed by atoms with van der Waals surface area (Å²) in [5.41, 5.74) is 6.74. The van der Waals surface area contributed by atoms with E-state index in [0.717, 1.165) is 31.4 Å². The Bertz CT molecular complexity index is 597. The molecule has 0 heterocycles. The first kappa shape index (κ1) is 14.0. The average molecular weight is 284 g/mol. The van der Waals surface area contributed by atoms with Gasteiger partial charge >= 0.3 is 0 Å². The fourth-order valence-corrected chi connectivity index (χ4v) is 3.29. The molecule has 104 valence electrons. The molecule has 0 saturated heterocycles. The van der Waals surface area contributed by atoms with Gasteiger partial charge in [0.25, 0.3) is 0 Å². The van der Waals surface area contributed by atoms with Crippen molar-refractivity contribution in [2.75, 3.05) is 12.3 Å². The van der Waals surface area contributed by atoms with E-state index >= 15 is 0 Å². The van der Waals surface area contributed by atoms with Gasteiger partial charge in [-0.2, -0.15) is 0 Å². The zero-order valence-electron chi connectivity index (χ0n) is 10.5. The maximum absolute atomic E-state index is 12.9. The fraction of sp³-hybridized carbons (Fsp3) is 0.385. The summed E-state index contributed by atoms with van der Waals surface area (Å²) in [7, 11) is -3.67. The van der Waals surface area contributed by atoms with E-state index in [0.29, 0.717) is 13.0 Å². The van der Waals surface area contributed by atoms with Crippen LogP contribution in [0.2, 0.25) is 0 Å². The molecule has 1 aliphatic rings. The SMILES string of the molecule is Nc1cc(F)ccc1S(=O)(=O)NCCC1=CCCC1. The molecule has 0 unspecified atom stereocenters. The van der Waals surface area contributed by atoms with Gasteiger partial charge in [0.05, 0.1) is 5.69 Å². The summed E-state index contributed by atoms with van der Waals surface area (Å²) in [4.78, 5) is -0.0747. The molecule has 2 rings (SSSR count). The van der Waals surface area contributed by atoms with Crippen molar-refractivity contribution in [1.29, 1.82) is 0 Å². The molecule has 0 bridgehead atoms. The number of benzene rings is 1. The molecule has 1 aliphatic carbocycles. The standard InChI is InChI=1S/C13H17FN2O2S/c14-11-5-6-13(12(15)9-11)19(17,18)16-8-7-10-3-1-2-4-10/h3,5-6,9,16H,1-2,4,7-8,15H2. The first-order valence-electron chi connectivity index (χ1n) is 6.21. The van der Waals surface area contributed by atoms with Crippen LogP contribution in [0, 0.1) is 5.82 Å². The minimum absolute atomic E-state index is 0.0747. The first-order valence-corrected chi connectivity index (χ1v) is 7.70. The van der Waals surface area contributed by atoms with Crippen LogP contribution in [0.15, 0.2) is 34.7 Å². The Morgan fingerprint density at radius 2 is 2.16 bits per heavy atom. The number of anilines is 1. The second-order valence-corrected chi connectivity index (χ2v) is 6.32. The minimum atomic E-state index is -3.67. The van der Waals surface area contributed by atoms with Gasteiger partial charge in [0.15, 0.2) is 0 Å². The molecular weight excluding hydrogens is 267 g/mol. The minimum Gasteiger partial charge on any atom is -0.398 e. The summed E-state index contributed by atoms with van der Waals surface area (Å²) in [6, 6.07) is 3.28. The van der Waals surface area contributed by atoms with E-state index in [1.165, 1.54) is 11.6 Å². The number of nitrogens with one attached hydrogen (secondary N) is 1. The highest BCUT2D eigenvalue weighted by molar-refractivity contribution is 7.89. The lowest BCUT2D eigenvalue weighted by atomic mass is 10.2. The van der Waals surface area contributed by atoms with Crippen LogP contribution in [0.4, 0.5) is 10.1 Å². The van der Waals surface area contributed by atoms with Gasteiger partial charge in [-0.3, -0.25) is 0 Å². The molecule has 1 aromatic rings.